The van der Waals surface area contributed by atoms with Crippen LogP contribution in [-0.2, 0) is 4.74 Å². The molecule has 0 unspecified atom stereocenters. The molecule has 0 saturated carbocycles. The van der Waals surface area contributed by atoms with E-state index in [1.165, 1.54) is 0 Å². The Balaban J connectivity index is 3.99. The molecule has 12 heavy (non-hydrogen) atoms. The summed E-state index contributed by atoms with van der Waals surface area (Å²) in [6.07, 6.45) is -2.54. The van der Waals surface area contributed by atoms with Crippen LogP contribution in [0.15, 0.2) is 10.2 Å². The Labute approximate surface area is 69.2 Å². The summed E-state index contributed by atoms with van der Waals surface area (Å²) in [5.41, 5.74) is -0.686. The van der Waals surface area contributed by atoms with Gasteiger partial charge in [0, 0.05) is 0 Å². The van der Waals surface area contributed by atoms with Gasteiger partial charge in [-0.05, 0) is 20.8 Å². The normalized spacial score (nSPS) is 11.6. The fraction of sp³-hybridized carbons (Fsp3) is 0.667. The Morgan fingerprint density at radius 3 is 2.08 bits per heavy atom. The van der Waals surface area contributed by atoms with E-state index in [2.05, 4.69) is 15.0 Å². The van der Waals surface area contributed by atoms with Gasteiger partial charge in [0.15, 0.2) is 0 Å². The van der Waals surface area contributed by atoms with E-state index >= 15 is 0 Å². The topological polar surface area (TPSA) is 88.3 Å². The maximum atomic E-state index is 10.6. The van der Waals surface area contributed by atoms with Crippen LogP contribution in [-0.4, -0.2) is 22.9 Å². The summed E-state index contributed by atoms with van der Waals surface area (Å²) < 4.78 is 4.63. The van der Waals surface area contributed by atoms with Gasteiger partial charge in [0.25, 0.3) is 0 Å². The Kier molecular flexibility index (Phi) is 3.33. The number of hydrogen-bond donors (Lipinski definition) is 1. The highest BCUT2D eigenvalue weighted by atomic mass is 16.6. The quantitative estimate of drug-likeness (QED) is 0.569. The van der Waals surface area contributed by atoms with Crippen LogP contribution in [0.1, 0.15) is 20.8 Å². The lowest BCUT2D eigenvalue weighted by Gasteiger charge is -2.16. The van der Waals surface area contributed by atoms with Crippen molar-refractivity contribution in [2.75, 3.05) is 0 Å². The number of ether oxygens (including phenoxy) is 1. The third-order valence-corrected chi connectivity index (χ3v) is 0.611. The molecule has 2 amide bonds. The monoisotopic (exact) mass is 174 g/mol. The highest BCUT2D eigenvalue weighted by Crippen LogP contribution is 2.07. The van der Waals surface area contributed by atoms with Crippen LogP contribution in [0.3, 0.4) is 0 Å². The Morgan fingerprint density at radius 1 is 1.25 bits per heavy atom. The summed E-state index contributed by atoms with van der Waals surface area (Å²) in [4.78, 5) is 20.4. The summed E-state index contributed by atoms with van der Waals surface area (Å²) in [6.45, 7) is 4.92. The summed E-state index contributed by atoms with van der Waals surface area (Å²) in [5, 5.41) is 13.3. The molecule has 0 radical (unpaired) electrons. The Hall–Kier alpha value is -1.46. The second-order valence-electron chi connectivity index (χ2n) is 2.96. The second kappa shape index (κ2) is 3.80. The van der Waals surface area contributed by atoms with Crippen LogP contribution in [0.2, 0.25) is 0 Å². The van der Waals surface area contributed by atoms with Gasteiger partial charge in [0.05, 0.1) is 0 Å². The van der Waals surface area contributed by atoms with E-state index in [1.54, 1.807) is 20.8 Å². The van der Waals surface area contributed by atoms with Crippen molar-refractivity contribution in [3.8, 4) is 0 Å². The van der Waals surface area contributed by atoms with E-state index in [9.17, 15) is 9.59 Å². The summed E-state index contributed by atoms with van der Waals surface area (Å²) in [6, 6.07) is 0. The lowest BCUT2D eigenvalue weighted by molar-refractivity contribution is 0.0588. The van der Waals surface area contributed by atoms with Crippen molar-refractivity contribution >= 4 is 12.2 Å². The zero-order chi connectivity index (χ0) is 9.78. The minimum Gasteiger partial charge on any atom is -0.462 e. The first-order valence-electron chi connectivity index (χ1n) is 3.19. The van der Waals surface area contributed by atoms with Crippen molar-refractivity contribution in [1.82, 2.24) is 0 Å². The largest absolute Gasteiger partial charge is 0.462 e. The van der Waals surface area contributed by atoms with Gasteiger partial charge < -0.3 is 9.84 Å². The van der Waals surface area contributed by atoms with Gasteiger partial charge in [0.1, 0.15) is 5.60 Å². The third kappa shape index (κ3) is 6.66. The standard InChI is InChI=1S/C6H10N2O4/c1-6(2,3)12-5(11)8-7-4(9)10/h1-3H3,(H,9,10)/b8-7-. The van der Waals surface area contributed by atoms with Gasteiger partial charge >= 0.3 is 12.2 Å². The number of carbonyl (C=O) groups excluding carboxylic acids is 1. The van der Waals surface area contributed by atoms with Crippen molar-refractivity contribution in [3.05, 3.63) is 0 Å². The highest BCUT2D eigenvalue weighted by molar-refractivity contribution is 5.72. The molecule has 0 aromatic rings. The molecule has 1 N–H and O–H groups in total. The Morgan fingerprint density at radius 2 is 1.75 bits per heavy atom. The van der Waals surface area contributed by atoms with E-state index in [0.29, 0.717) is 0 Å². The van der Waals surface area contributed by atoms with Crippen LogP contribution in [0.4, 0.5) is 9.59 Å². The molecule has 0 saturated heterocycles. The molecule has 6 nitrogen and oxygen atoms in total. The molecule has 0 rings (SSSR count). The molecular weight excluding hydrogens is 164 g/mol. The molecule has 0 aliphatic carbocycles. The highest BCUT2D eigenvalue weighted by Gasteiger charge is 2.15. The van der Waals surface area contributed by atoms with E-state index in [0.717, 1.165) is 0 Å². The molecule has 0 aromatic carbocycles. The zero-order valence-corrected chi connectivity index (χ0v) is 7.07. The smallest absolute Gasteiger partial charge is 0.453 e. The molecule has 6 heteroatoms. The minimum absolute atomic E-state index is 0.686. The summed E-state index contributed by atoms with van der Waals surface area (Å²) >= 11 is 0. The number of carbonyl (C=O) groups is 2. The molecule has 0 aromatic heterocycles. The van der Waals surface area contributed by atoms with Crippen LogP contribution >= 0.6 is 0 Å². The van der Waals surface area contributed by atoms with Gasteiger partial charge in [-0.1, -0.05) is 10.2 Å². The Bertz CT molecular complexity index is 216. The molecule has 68 valence electrons. The van der Waals surface area contributed by atoms with Crippen LogP contribution in [0, 0.1) is 0 Å². The van der Waals surface area contributed by atoms with E-state index < -0.39 is 17.8 Å². The van der Waals surface area contributed by atoms with Gasteiger partial charge in [-0.15, -0.1) is 0 Å². The zero-order valence-electron chi connectivity index (χ0n) is 7.07. The first-order chi connectivity index (χ1) is 5.31. The van der Waals surface area contributed by atoms with Crippen LogP contribution < -0.4 is 0 Å². The van der Waals surface area contributed by atoms with Crippen molar-refractivity contribution in [2.24, 2.45) is 10.2 Å². The van der Waals surface area contributed by atoms with Gasteiger partial charge in [0.2, 0.25) is 0 Å². The summed E-state index contributed by atoms with van der Waals surface area (Å²) in [5.74, 6) is 0. The molecule has 0 aliphatic heterocycles. The van der Waals surface area contributed by atoms with Crippen molar-refractivity contribution in [3.63, 3.8) is 0 Å². The summed E-state index contributed by atoms with van der Waals surface area (Å²) in [7, 11) is 0. The lowest BCUT2D eigenvalue weighted by atomic mass is 10.2. The molecule has 0 heterocycles. The first kappa shape index (κ1) is 10.5. The maximum absolute atomic E-state index is 10.6. The van der Waals surface area contributed by atoms with Gasteiger partial charge in [-0.3, -0.25) is 0 Å². The molecule has 0 bridgehead atoms. The van der Waals surface area contributed by atoms with Gasteiger partial charge in [-0.25, -0.2) is 9.59 Å². The number of azo groups is 1. The average molecular weight is 174 g/mol. The molecule has 0 atom stereocenters. The van der Waals surface area contributed by atoms with Crippen LogP contribution in [0.25, 0.3) is 0 Å². The van der Waals surface area contributed by atoms with E-state index in [1.807, 2.05) is 0 Å². The second-order valence-corrected chi connectivity index (χ2v) is 2.96. The molecule has 0 fully saturated rings. The SMILES string of the molecule is CC(C)(C)OC(=O)/N=N\C(=O)O. The predicted molar refractivity (Wildman–Crippen MR) is 39.1 cm³/mol. The molecule has 0 aliphatic rings. The number of hydrogen-bond acceptors (Lipinski definition) is 3. The van der Waals surface area contributed by atoms with Crippen LogP contribution in [0.5, 0.6) is 0 Å². The van der Waals surface area contributed by atoms with E-state index in [4.69, 9.17) is 5.11 Å². The fourth-order valence-corrected chi connectivity index (χ4v) is 0.366. The average Bonchev–Trinajstić information content (AvgIpc) is 1.79. The number of carboxylic acid groups (broad SMARTS) is 1. The lowest BCUT2D eigenvalue weighted by Crippen LogP contribution is -2.21. The molecule has 0 spiro atoms. The van der Waals surface area contributed by atoms with Crippen molar-refractivity contribution in [1.29, 1.82) is 0 Å². The third-order valence-electron chi connectivity index (χ3n) is 0.611. The van der Waals surface area contributed by atoms with Crippen molar-refractivity contribution in [2.45, 2.75) is 26.4 Å². The van der Waals surface area contributed by atoms with Gasteiger partial charge in [-0.2, -0.15) is 0 Å². The number of nitrogens with zero attached hydrogens (tertiary/aromatic N) is 2. The number of amides is 2. The van der Waals surface area contributed by atoms with Crippen molar-refractivity contribution < 1.29 is 19.4 Å². The first-order valence-corrected chi connectivity index (χ1v) is 3.19. The van der Waals surface area contributed by atoms with E-state index in [-0.39, 0.29) is 0 Å². The molecular formula is C6H10N2O4. The maximum Gasteiger partial charge on any atom is 0.453 e. The number of rotatable bonds is 0. The minimum atomic E-state index is -1.53. The predicted octanol–water partition coefficient (Wildman–Crippen LogP) is 2.05. The fourth-order valence-electron chi connectivity index (χ4n) is 0.366.